The summed E-state index contributed by atoms with van der Waals surface area (Å²) in [6, 6.07) is 9.17. The van der Waals surface area contributed by atoms with Gasteiger partial charge in [0.2, 0.25) is 0 Å². The van der Waals surface area contributed by atoms with Gasteiger partial charge in [-0.3, -0.25) is 4.98 Å². The van der Waals surface area contributed by atoms with Crippen LogP contribution in [0.25, 0.3) is 22.3 Å². The number of rotatable bonds is 1. The van der Waals surface area contributed by atoms with Gasteiger partial charge in [-0.15, -0.1) is 0 Å². The number of pyridine rings is 1. The SMILES string of the molecule is Clc1ccccc1-c1nc(Cl)c2ccncc2n1. The molecular weight excluding hydrogens is 269 g/mol. The molecule has 0 saturated heterocycles. The third kappa shape index (κ3) is 1.92. The molecule has 3 aromatic rings. The lowest BCUT2D eigenvalue weighted by molar-refractivity contribution is 1.21. The highest BCUT2D eigenvalue weighted by Crippen LogP contribution is 2.28. The molecule has 0 unspecified atom stereocenters. The summed E-state index contributed by atoms with van der Waals surface area (Å²) in [4.78, 5) is 12.7. The maximum Gasteiger partial charge on any atom is 0.163 e. The van der Waals surface area contributed by atoms with E-state index in [-0.39, 0.29) is 0 Å². The number of aromatic nitrogens is 3. The molecule has 0 aliphatic heterocycles. The van der Waals surface area contributed by atoms with Crippen molar-refractivity contribution in [1.29, 1.82) is 0 Å². The number of benzene rings is 1. The lowest BCUT2D eigenvalue weighted by atomic mass is 10.2. The van der Waals surface area contributed by atoms with E-state index in [9.17, 15) is 0 Å². The monoisotopic (exact) mass is 275 g/mol. The second-order valence-corrected chi connectivity index (χ2v) is 4.48. The Morgan fingerprint density at radius 1 is 0.944 bits per heavy atom. The fraction of sp³-hybridized carbons (Fsp3) is 0. The van der Waals surface area contributed by atoms with Crippen LogP contribution >= 0.6 is 23.2 Å². The van der Waals surface area contributed by atoms with Crippen molar-refractivity contribution in [3.05, 3.63) is 52.9 Å². The summed E-state index contributed by atoms with van der Waals surface area (Å²) in [7, 11) is 0. The molecule has 0 N–H and O–H groups in total. The molecule has 0 amide bonds. The molecule has 0 aliphatic carbocycles. The molecule has 3 rings (SSSR count). The summed E-state index contributed by atoms with van der Waals surface area (Å²) in [5.41, 5.74) is 1.46. The van der Waals surface area contributed by atoms with Gasteiger partial charge in [-0.1, -0.05) is 35.3 Å². The van der Waals surface area contributed by atoms with Gasteiger partial charge in [0.1, 0.15) is 5.15 Å². The fourth-order valence-electron chi connectivity index (χ4n) is 1.70. The smallest absolute Gasteiger partial charge is 0.163 e. The van der Waals surface area contributed by atoms with Crippen molar-refractivity contribution in [3.63, 3.8) is 0 Å². The van der Waals surface area contributed by atoms with E-state index < -0.39 is 0 Å². The Bertz CT molecular complexity index is 728. The number of halogens is 2. The van der Waals surface area contributed by atoms with E-state index in [1.54, 1.807) is 24.5 Å². The molecular formula is C13H7Cl2N3. The molecule has 3 nitrogen and oxygen atoms in total. The van der Waals surface area contributed by atoms with Crippen LogP contribution in [0.3, 0.4) is 0 Å². The Balaban J connectivity index is 2.28. The average molecular weight is 276 g/mol. The van der Waals surface area contributed by atoms with Crippen LogP contribution in [-0.4, -0.2) is 15.0 Å². The zero-order valence-electron chi connectivity index (χ0n) is 9.14. The van der Waals surface area contributed by atoms with E-state index in [0.29, 0.717) is 21.5 Å². The number of nitrogens with zero attached hydrogens (tertiary/aromatic N) is 3. The molecule has 0 saturated carbocycles. The maximum atomic E-state index is 6.14. The van der Waals surface area contributed by atoms with Crippen LogP contribution in [0.1, 0.15) is 0 Å². The second-order valence-electron chi connectivity index (χ2n) is 3.71. The van der Waals surface area contributed by atoms with Gasteiger partial charge in [-0.2, -0.15) is 0 Å². The average Bonchev–Trinajstić information content (AvgIpc) is 2.39. The largest absolute Gasteiger partial charge is 0.262 e. The van der Waals surface area contributed by atoms with Crippen molar-refractivity contribution >= 4 is 34.1 Å². The molecule has 0 radical (unpaired) electrons. The standard InChI is InChI=1S/C13H7Cl2N3/c14-10-4-2-1-3-8(10)13-17-11-7-16-6-5-9(11)12(15)18-13/h1-7H. The van der Waals surface area contributed by atoms with E-state index in [4.69, 9.17) is 23.2 Å². The highest BCUT2D eigenvalue weighted by molar-refractivity contribution is 6.34. The Morgan fingerprint density at radius 2 is 1.78 bits per heavy atom. The van der Waals surface area contributed by atoms with Gasteiger partial charge in [-0.05, 0) is 18.2 Å². The van der Waals surface area contributed by atoms with Crippen LogP contribution in [0, 0.1) is 0 Å². The van der Waals surface area contributed by atoms with Gasteiger partial charge in [0, 0.05) is 17.1 Å². The van der Waals surface area contributed by atoms with Crippen molar-refractivity contribution in [2.45, 2.75) is 0 Å². The van der Waals surface area contributed by atoms with Gasteiger partial charge in [0.15, 0.2) is 5.82 Å². The normalized spacial score (nSPS) is 10.8. The molecule has 5 heteroatoms. The molecule has 88 valence electrons. The zero-order valence-corrected chi connectivity index (χ0v) is 10.7. The molecule has 0 atom stereocenters. The molecule has 2 aromatic heterocycles. The lowest BCUT2D eigenvalue weighted by Gasteiger charge is -2.05. The number of fused-ring (bicyclic) bond motifs is 1. The summed E-state index contributed by atoms with van der Waals surface area (Å²) in [5, 5.41) is 1.77. The first-order chi connectivity index (χ1) is 8.75. The topological polar surface area (TPSA) is 38.7 Å². The third-order valence-electron chi connectivity index (χ3n) is 2.57. The summed E-state index contributed by atoms with van der Waals surface area (Å²) < 4.78 is 0. The van der Waals surface area contributed by atoms with E-state index in [1.165, 1.54) is 0 Å². The number of hydrogen-bond donors (Lipinski definition) is 0. The van der Waals surface area contributed by atoms with Crippen molar-refractivity contribution in [3.8, 4) is 11.4 Å². The summed E-state index contributed by atoms with van der Waals surface area (Å²) >= 11 is 12.3. The third-order valence-corrected chi connectivity index (χ3v) is 3.19. The molecule has 18 heavy (non-hydrogen) atoms. The van der Waals surface area contributed by atoms with Crippen molar-refractivity contribution in [1.82, 2.24) is 15.0 Å². The van der Waals surface area contributed by atoms with E-state index in [0.717, 1.165) is 10.9 Å². The zero-order chi connectivity index (χ0) is 12.5. The minimum Gasteiger partial charge on any atom is -0.262 e. The summed E-state index contributed by atoms with van der Waals surface area (Å²) in [6.45, 7) is 0. The maximum absolute atomic E-state index is 6.14. The first-order valence-corrected chi connectivity index (χ1v) is 6.03. The van der Waals surface area contributed by atoms with E-state index >= 15 is 0 Å². The molecule has 0 spiro atoms. The van der Waals surface area contributed by atoms with Crippen LogP contribution in [0.4, 0.5) is 0 Å². The van der Waals surface area contributed by atoms with Gasteiger partial charge in [-0.25, -0.2) is 9.97 Å². The first kappa shape index (κ1) is 11.4. The minimum absolute atomic E-state index is 0.400. The molecule has 0 aliphatic rings. The minimum atomic E-state index is 0.400. The summed E-state index contributed by atoms with van der Waals surface area (Å²) in [5.74, 6) is 0.506. The van der Waals surface area contributed by atoms with Crippen LogP contribution in [0.2, 0.25) is 10.2 Å². The van der Waals surface area contributed by atoms with Crippen LogP contribution in [0.15, 0.2) is 42.7 Å². The van der Waals surface area contributed by atoms with Crippen molar-refractivity contribution in [2.75, 3.05) is 0 Å². The molecule has 1 aromatic carbocycles. The number of hydrogen-bond acceptors (Lipinski definition) is 3. The highest BCUT2D eigenvalue weighted by Gasteiger charge is 2.10. The van der Waals surface area contributed by atoms with Gasteiger partial charge < -0.3 is 0 Å². The van der Waals surface area contributed by atoms with Gasteiger partial charge in [0.05, 0.1) is 16.7 Å². The predicted molar refractivity (Wildman–Crippen MR) is 72.8 cm³/mol. The first-order valence-electron chi connectivity index (χ1n) is 5.28. The van der Waals surface area contributed by atoms with Crippen LogP contribution in [0.5, 0.6) is 0 Å². The van der Waals surface area contributed by atoms with Crippen molar-refractivity contribution < 1.29 is 0 Å². The Kier molecular flexibility index (Phi) is 2.86. The Morgan fingerprint density at radius 3 is 2.61 bits per heavy atom. The Hall–Kier alpha value is -1.71. The fourth-order valence-corrected chi connectivity index (χ4v) is 2.17. The predicted octanol–water partition coefficient (Wildman–Crippen LogP) is 4.00. The lowest BCUT2D eigenvalue weighted by Crippen LogP contribution is -1.92. The van der Waals surface area contributed by atoms with Crippen molar-refractivity contribution in [2.24, 2.45) is 0 Å². The highest BCUT2D eigenvalue weighted by atomic mass is 35.5. The van der Waals surface area contributed by atoms with Crippen LogP contribution < -0.4 is 0 Å². The van der Waals surface area contributed by atoms with Gasteiger partial charge >= 0.3 is 0 Å². The van der Waals surface area contributed by atoms with Crippen LogP contribution in [-0.2, 0) is 0 Å². The Labute approximate surface area is 113 Å². The van der Waals surface area contributed by atoms with E-state index in [1.807, 2.05) is 18.2 Å². The molecule has 0 fully saturated rings. The van der Waals surface area contributed by atoms with E-state index in [2.05, 4.69) is 15.0 Å². The summed E-state index contributed by atoms with van der Waals surface area (Å²) in [6.07, 6.45) is 3.32. The molecule has 0 bridgehead atoms. The second kappa shape index (κ2) is 4.52. The quantitative estimate of drug-likeness (QED) is 0.630. The van der Waals surface area contributed by atoms with Gasteiger partial charge in [0.25, 0.3) is 0 Å². The molecule has 2 heterocycles.